The molecule has 3 aliphatic rings. The molecule has 3 aliphatic heterocycles. The summed E-state index contributed by atoms with van der Waals surface area (Å²) in [4.78, 5) is 34.2. The lowest BCUT2D eigenvalue weighted by Gasteiger charge is -2.50. The lowest BCUT2D eigenvalue weighted by atomic mass is 9.85. The van der Waals surface area contributed by atoms with Crippen LogP contribution < -0.4 is 9.74 Å². The first-order chi connectivity index (χ1) is 65.4. The van der Waals surface area contributed by atoms with Gasteiger partial charge in [0.15, 0.2) is 14.6 Å². The van der Waals surface area contributed by atoms with E-state index in [1.165, 1.54) is 17.0 Å². The average molecular weight is 1870 g/mol. The number of rotatable bonds is 44. The summed E-state index contributed by atoms with van der Waals surface area (Å²) in [6.07, 6.45) is -10.1. The SMILES string of the molecule is CC(C)(C)[Si](C)(C)Oc1cccc(-c2ccc([C@@H](Nc3ccccc3)[C@@H](CC[C@@H](O[Si](C)(C)C(C)(C)C)c3ccc(F)cc3)C(=O)N3C(=O)OC[C@@H]3Cc3ccccc3)c(SC[C@@H]3OC(COCc4ccccc4)[C@H](O[C@@H]4OC(COCc5ccccc5)[C@H](OCc5ccccc5)[C@H](OCc5ccccc5)C4OCc4ccccc4)[C@H](OCc4ccccc4)C3OCc3ccccc3)c2)c1. The molecule has 17 nitrogen and oxygen atoms in total. The van der Waals surface area contributed by atoms with E-state index in [2.05, 4.69) is 103 Å². The molecule has 3 heterocycles. The normalized spacial score (nSPS) is 20.6. The van der Waals surface area contributed by atoms with E-state index in [1.807, 2.05) is 285 Å². The highest BCUT2D eigenvalue weighted by atomic mass is 32.2. The van der Waals surface area contributed by atoms with Gasteiger partial charge in [0.05, 0.1) is 89.7 Å². The van der Waals surface area contributed by atoms with E-state index >= 15 is 9.18 Å². The van der Waals surface area contributed by atoms with E-state index in [1.54, 1.807) is 23.9 Å². The van der Waals surface area contributed by atoms with Crippen molar-refractivity contribution >= 4 is 46.1 Å². The van der Waals surface area contributed by atoms with Crippen molar-refractivity contribution in [3.8, 4) is 16.9 Å². The Labute approximate surface area is 803 Å². The zero-order valence-corrected chi connectivity index (χ0v) is 82.0. The number of ether oxygens (including phenoxy) is 11. The van der Waals surface area contributed by atoms with Gasteiger partial charge in [-0.15, -0.1) is 11.8 Å². The molecule has 21 heteroatoms. The Balaban J connectivity index is 0.894. The Hall–Kier alpha value is -10.5. The summed E-state index contributed by atoms with van der Waals surface area (Å²) in [7, 11) is -5.02. The second kappa shape index (κ2) is 47.5. The van der Waals surface area contributed by atoms with Crippen LogP contribution in [0, 0.1) is 11.7 Å². The predicted octanol–water partition coefficient (Wildman–Crippen LogP) is 25.1. The van der Waals surface area contributed by atoms with Gasteiger partial charge in [0.1, 0.15) is 67.0 Å². The van der Waals surface area contributed by atoms with Crippen LogP contribution in [0.25, 0.3) is 11.1 Å². The van der Waals surface area contributed by atoms with Crippen LogP contribution >= 0.6 is 11.8 Å². The Morgan fingerprint density at radius 2 is 0.867 bits per heavy atom. The molecule has 0 aliphatic carbocycles. The summed E-state index contributed by atoms with van der Waals surface area (Å²) in [6.45, 7) is 23.6. The third kappa shape index (κ3) is 27.3. The number of carbonyl (C=O) groups excluding carboxylic acids is 2. The van der Waals surface area contributed by atoms with E-state index < -0.39 is 114 Å². The second-order valence-electron chi connectivity index (χ2n) is 38.3. The largest absolute Gasteiger partial charge is 0.543 e. The van der Waals surface area contributed by atoms with Crippen molar-refractivity contribution in [2.45, 2.75) is 228 Å². The summed E-state index contributed by atoms with van der Waals surface area (Å²) in [5, 5.41) is 3.65. The average Bonchev–Trinajstić information content (AvgIpc) is 1.63. The van der Waals surface area contributed by atoms with Crippen LogP contribution in [0.4, 0.5) is 14.9 Å². The van der Waals surface area contributed by atoms with Crippen LogP contribution in [-0.4, -0.2) is 126 Å². The molecule has 0 spiro atoms. The Bertz CT molecular complexity index is 5610. The molecule has 3 saturated heterocycles. The molecule has 2 amide bonds. The van der Waals surface area contributed by atoms with E-state index in [4.69, 9.17) is 61.0 Å². The fourth-order valence-corrected chi connectivity index (χ4v) is 20.5. The summed E-state index contributed by atoms with van der Waals surface area (Å²) >= 11 is 1.57. The fraction of sp³-hybridized carbons (Fsp3) is 0.351. The van der Waals surface area contributed by atoms with Gasteiger partial charge in [0.25, 0.3) is 0 Å². The number of benzene rings is 12. The minimum Gasteiger partial charge on any atom is -0.543 e. The summed E-state index contributed by atoms with van der Waals surface area (Å²) < 4.78 is 111. The van der Waals surface area contributed by atoms with Gasteiger partial charge in [0, 0.05) is 16.3 Å². The van der Waals surface area contributed by atoms with Crippen LogP contribution in [0.15, 0.2) is 345 Å². The summed E-state index contributed by atoms with van der Waals surface area (Å²) in [5.74, 6) is -0.869. The molecule has 0 aromatic heterocycles. The highest BCUT2D eigenvalue weighted by Gasteiger charge is 2.55. The maximum atomic E-state index is 17.1. The van der Waals surface area contributed by atoms with Crippen molar-refractivity contribution in [3.63, 3.8) is 0 Å². The van der Waals surface area contributed by atoms with E-state index in [0.29, 0.717) is 12.8 Å². The first kappa shape index (κ1) is 98.9. The maximum Gasteiger partial charge on any atom is 0.416 e. The summed E-state index contributed by atoms with van der Waals surface area (Å²) in [5.41, 5.74) is 11.5. The quantitative estimate of drug-likeness (QED) is 0.0282. The number of nitrogens with one attached hydrogen (secondary N) is 1. The number of hydrogen-bond acceptors (Lipinski definition) is 17. The lowest BCUT2D eigenvalue weighted by Crippen LogP contribution is -2.66. The van der Waals surface area contributed by atoms with Crippen molar-refractivity contribution in [2.75, 3.05) is 30.9 Å². The predicted molar refractivity (Wildman–Crippen MR) is 535 cm³/mol. The molecule has 12 aromatic carbocycles. The number of halogens is 1. The Morgan fingerprint density at radius 3 is 1.35 bits per heavy atom. The van der Waals surface area contributed by atoms with Crippen LogP contribution in [0.1, 0.15) is 122 Å². The third-order valence-corrected chi connectivity index (χ3v) is 36.5. The first-order valence-corrected chi connectivity index (χ1v) is 54.0. The van der Waals surface area contributed by atoms with Crippen LogP contribution in [0.2, 0.25) is 36.3 Å². The maximum absolute atomic E-state index is 17.1. The van der Waals surface area contributed by atoms with Crippen molar-refractivity contribution in [2.24, 2.45) is 5.92 Å². The van der Waals surface area contributed by atoms with Crippen LogP contribution in [-0.2, 0) is 114 Å². The van der Waals surface area contributed by atoms with Gasteiger partial charge in [0.2, 0.25) is 14.2 Å². The van der Waals surface area contributed by atoms with Crippen LogP contribution in [0.5, 0.6) is 5.75 Å². The van der Waals surface area contributed by atoms with Gasteiger partial charge in [-0.2, -0.15) is 0 Å². The van der Waals surface area contributed by atoms with E-state index in [9.17, 15) is 4.79 Å². The molecule has 0 radical (unpaired) electrons. The minimum atomic E-state index is -2.64. The monoisotopic (exact) mass is 1870 g/mol. The Kier molecular flexibility index (Phi) is 34.8. The number of amides is 2. The zero-order chi connectivity index (χ0) is 94.2. The van der Waals surface area contributed by atoms with Crippen molar-refractivity contribution in [1.82, 2.24) is 4.90 Å². The number of anilines is 1. The van der Waals surface area contributed by atoms with Crippen molar-refractivity contribution in [1.29, 1.82) is 0 Å². The molecule has 15 rings (SSSR count). The van der Waals surface area contributed by atoms with E-state index in [0.717, 1.165) is 83.1 Å². The number of thioether (sulfide) groups is 1. The highest BCUT2D eigenvalue weighted by molar-refractivity contribution is 7.99. The first-order valence-electron chi connectivity index (χ1n) is 47.2. The molecular weight excluding hydrogens is 1740 g/mol. The lowest BCUT2D eigenvalue weighted by molar-refractivity contribution is -0.362. The smallest absolute Gasteiger partial charge is 0.416 e. The molecule has 0 bridgehead atoms. The molecule has 0 saturated carbocycles. The molecule has 706 valence electrons. The third-order valence-electron chi connectivity index (χ3n) is 26.5. The highest BCUT2D eigenvalue weighted by Crippen LogP contribution is 2.48. The topological polar surface area (TPSA) is 169 Å². The van der Waals surface area contributed by atoms with Gasteiger partial charge in [-0.05, 0) is 165 Å². The molecule has 4 unspecified atom stereocenters. The molecule has 3 fully saturated rings. The second-order valence-corrected chi connectivity index (χ2v) is 48.9. The van der Waals surface area contributed by atoms with E-state index in [-0.39, 0.29) is 94.1 Å². The standard InChI is InChI=1S/C114H129FN2O15SSi2/c1-113(2,3)134(7,8)131-95-58-38-55-90(68-95)91-61-64-96(103(116-93-56-36-19-37-57-93)97(110(118)117-94(77-127-112(117)119)67-81-39-20-11-21-40-81)65-66-98(89-59-62-92(115)63-60-89)132-135(9,10)114(4,5)6)102(69-91)133-80-101-105(123-73-85-47-28-15-29-48-85)107(124-74-86-49-30-16-31-50-86)106(100(128-101)79-121-71-83-43-24-13-25-44-83)130-111-109(126-76-88-53-34-18-35-54-88)108(125-75-87-51-32-17-33-52-87)104(122-72-84-45-26-14-27-46-84)99(129-111)78-120-70-82-41-22-12-23-42-82/h11-64,68-69,94,97-101,103-109,111,116H,65-67,70-80H2,1-10H3/t94-,97+,98+,99?,100?,101-,103+,104-,105?,106-,107+,108-,109?,111-/m0/s1. The van der Waals surface area contributed by atoms with Crippen molar-refractivity contribution < 1.29 is 74.9 Å². The molecule has 1 N–H and O–H groups in total. The molecule has 12 aromatic rings. The van der Waals surface area contributed by atoms with Gasteiger partial charge in [-0.25, -0.2) is 14.1 Å². The van der Waals surface area contributed by atoms with Crippen molar-refractivity contribution in [3.05, 3.63) is 401 Å². The molecule has 135 heavy (non-hydrogen) atoms. The van der Waals surface area contributed by atoms with Gasteiger partial charge in [-0.3, -0.25) is 4.79 Å². The van der Waals surface area contributed by atoms with Crippen LogP contribution in [0.3, 0.4) is 0 Å². The van der Waals surface area contributed by atoms with Gasteiger partial charge >= 0.3 is 6.09 Å². The van der Waals surface area contributed by atoms with Gasteiger partial charge < -0.3 is 66.3 Å². The zero-order valence-electron chi connectivity index (χ0n) is 79.2. The molecule has 14 atom stereocenters. The summed E-state index contributed by atoms with van der Waals surface area (Å²) in [6, 6.07) is 110. The number of cyclic esters (lactones) is 1. The molecular formula is C114H129FN2O15SSi2. The number of imide groups is 1. The number of hydrogen-bond donors (Lipinski definition) is 1. The number of nitrogens with zero attached hydrogens (tertiary/aromatic N) is 1. The number of para-hydroxylation sites is 1. The minimum absolute atomic E-state index is 0.00588. The fourth-order valence-electron chi connectivity index (χ4n) is 17.0. The number of carbonyl (C=O) groups is 2. The van der Waals surface area contributed by atoms with Gasteiger partial charge in [-0.1, -0.05) is 339 Å². The Morgan fingerprint density at radius 1 is 0.444 bits per heavy atom.